The SMILES string of the molecule is COc1c(C(=O)O)cc([N+](=O)[O-])c(NC(=O)OCc2ccccc2)c1F. The highest BCUT2D eigenvalue weighted by Crippen LogP contribution is 2.37. The third kappa shape index (κ3) is 4.04. The summed E-state index contributed by atoms with van der Waals surface area (Å²) in [6.45, 7) is -0.146. The number of benzene rings is 2. The van der Waals surface area contributed by atoms with Crippen molar-refractivity contribution in [3.05, 3.63) is 63.5 Å². The highest BCUT2D eigenvalue weighted by atomic mass is 19.1. The Morgan fingerprint density at radius 1 is 1.31 bits per heavy atom. The number of nitrogens with one attached hydrogen (secondary N) is 1. The molecular weight excluding hydrogens is 351 g/mol. The van der Waals surface area contributed by atoms with Crippen LogP contribution in [0.5, 0.6) is 5.75 Å². The number of carboxylic acids is 1. The summed E-state index contributed by atoms with van der Waals surface area (Å²) in [6, 6.07) is 9.16. The van der Waals surface area contributed by atoms with Gasteiger partial charge in [-0.2, -0.15) is 0 Å². The highest BCUT2D eigenvalue weighted by molar-refractivity contribution is 5.96. The van der Waals surface area contributed by atoms with E-state index in [1.54, 1.807) is 30.3 Å². The molecule has 26 heavy (non-hydrogen) atoms. The topological polar surface area (TPSA) is 128 Å². The van der Waals surface area contributed by atoms with E-state index in [1.807, 2.05) is 5.32 Å². The van der Waals surface area contributed by atoms with Gasteiger partial charge in [0.2, 0.25) is 0 Å². The van der Waals surface area contributed by atoms with Gasteiger partial charge in [0.25, 0.3) is 5.69 Å². The summed E-state index contributed by atoms with van der Waals surface area (Å²) in [5.74, 6) is -3.76. The maximum Gasteiger partial charge on any atom is 0.412 e. The van der Waals surface area contributed by atoms with Gasteiger partial charge in [-0.3, -0.25) is 15.4 Å². The van der Waals surface area contributed by atoms with Crippen molar-refractivity contribution in [2.45, 2.75) is 6.61 Å². The summed E-state index contributed by atoms with van der Waals surface area (Å²) in [5, 5.41) is 22.1. The van der Waals surface area contributed by atoms with Gasteiger partial charge < -0.3 is 14.6 Å². The van der Waals surface area contributed by atoms with E-state index in [0.29, 0.717) is 11.6 Å². The fraction of sp³-hybridized carbons (Fsp3) is 0.125. The first kappa shape index (κ1) is 18.6. The Morgan fingerprint density at radius 2 is 1.96 bits per heavy atom. The van der Waals surface area contributed by atoms with Crippen LogP contribution in [0.3, 0.4) is 0 Å². The standard InChI is InChI=1S/C16H13FN2O7/c1-25-14-10(15(20)21)7-11(19(23)24)13(12(14)17)18-16(22)26-8-9-5-3-2-4-6-9/h2-7H,8H2,1H3,(H,18,22)(H,20,21). The second-order valence-electron chi connectivity index (χ2n) is 4.91. The van der Waals surface area contributed by atoms with E-state index in [2.05, 4.69) is 4.74 Å². The normalized spacial score (nSPS) is 10.1. The maximum absolute atomic E-state index is 14.5. The quantitative estimate of drug-likeness (QED) is 0.595. The molecule has 0 saturated carbocycles. The number of rotatable bonds is 6. The molecule has 0 atom stereocenters. The molecule has 1 amide bonds. The fourth-order valence-corrected chi connectivity index (χ4v) is 2.10. The van der Waals surface area contributed by atoms with Crippen molar-refractivity contribution in [3.8, 4) is 5.75 Å². The van der Waals surface area contributed by atoms with E-state index in [-0.39, 0.29) is 6.61 Å². The minimum atomic E-state index is -1.62. The first-order chi connectivity index (χ1) is 12.3. The lowest BCUT2D eigenvalue weighted by atomic mass is 10.1. The van der Waals surface area contributed by atoms with Crippen molar-refractivity contribution >= 4 is 23.4 Å². The lowest BCUT2D eigenvalue weighted by molar-refractivity contribution is -0.384. The van der Waals surface area contributed by atoms with Gasteiger partial charge in [0.05, 0.1) is 12.0 Å². The van der Waals surface area contributed by atoms with E-state index in [4.69, 9.17) is 9.84 Å². The van der Waals surface area contributed by atoms with E-state index in [0.717, 1.165) is 7.11 Å². The second kappa shape index (κ2) is 7.92. The van der Waals surface area contributed by atoms with Gasteiger partial charge in [0.15, 0.2) is 17.3 Å². The molecule has 2 rings (SSSR count). The summed E-state index contributed by atoms with van der Waals surface area (Å²) in [7, 11) is 0.994. The van der Waals surface area contributed by atoms with E-state index < -0.39 is 45.5 Å². The number of hydrogen-bond acceptors (Lipinski definition) is 6. The third-order valence-corrected chi connectivity index (χ3v) is 3.27. The zero-order valence-corrected chi connectivity index (χ0v) is 13.4. The van der Waals surface area contributed by atoms with Crippen molar-refractivity contribution in [1.82, 2.24) is 0 Å². The van der Waals surface area contributed by atoms with Gasteiger partial charge >= 0.3 is 12.1 Å². The molecule has 0 bridgehead atoms. The monoisotopic (exact) mass is 364 g/mol. The molecule has 2 aromatic carbocycles. The predicted octanol–water partition coefficient (Wildman–Crippen LogP) is 3.19. The van der Waals surface area contributed by atoms with E-state index >= 15 is 0 Å². The first-order valence-corrected chi connectivity index (χ1v) is 7.11. The number of nitro groups is 1. The minimum absolute atomic E-state index is 0.146. The van der Waals surface area contributed by atoms with Crippen LogP contribution in [-0.2, 0) is 11.3 Å². The number of anilines is 1. The number of methoxy groups -OCH3 is 1. The molecule has 2 aromatic rings. The number of hydrogen-bond donors (Lipinski definition) is 2. The van der Waals surface area contributed by atoms with Gasteiger partial charge in [0.1, 0.15) is 12.2 Å². The van der Waals surface area contributed by atoms with Crippen LogP contribution in [0.4, 0.5) is 20.6 Å². The number of aromatic carboxylic acids is 1. The molecule has 0 radical (unpaired) electrons. The minimum Gasteiger partial charge on any atom is -0.493 e. The summed E-state index contributed by atoms with van der Waals surface area (Å²) >= 11 is 0. The Hall–Kier alpha value is -3.69. The molecule has 0 saturated heterocycles. The van der Waals surface area contributed by atoms with Crippen LogP contribution in [-0.4, -0.2) is 29.2 Å². The molecule has 0 aliphatic carbocycles. The molecular formula is C16H13FN2O7. The number of amides is 1. The third-order valence-electron chi connectivity index (χ3n) is 3.27. The van der Waals surface area contributed by atoms with Crippen LogP contribution in [0.1, 0.15) is 15.9 Å². The Kier molecular flexibility index (Phi) is 5.68. The molecule has 136 valence electrons. The average Bonchev–Trinajstić information content (AvgIpc) is 2.61. The maximum atomic E-state index is 14.5. The molecule has 9 nitrogen and oxygen atoms in total. The largest absolute Gasteiger partial charge is 0.493 e. The van der Waals surface area contributed by atoms with Gasteiger partial charge in [-0.05, 0) is 5.56 Å². The second-order valence-corrected chi connectivity index (χ2v) is 4.91. The molecule has 0 unspecified atom stereocenters. The summed E-state index contributed by atoms with van der Waals surface area (Å²) in [4.78, 5) is 33.1. The summed E-state index contributed by atoms with van der Waals surface area (Å²) < 4.78 is 24.0. The van der Waals surface area contributed by atoms with E-state index in [1.165, 1.54) is 0 Å². The van der Waals surface area contributed by atoms with Crippen molar-refractivity contribution in [2.24, 2.45) is 0 Å². The molecule has 0 aliphatic heterocycles. The number of nitrogens with zero attached hydrogens (tertiary/aromatic N) is 1. The Labute approximate surface area is 146 Å². The zero-order valence-electron chi connectivity index (χ0n) is 13.4. The number of halogens is 1. The van der Waals surface area contributed by atoms with Crippen LogP contribution < -0.4 is 10.1 Å². The molecule has 0 fully saturated rings. The smallest absolute Gasteiger partial charge is 0.412 e. The molecule has 10 heteroatoms. The lowest BCUT2D eigenvalue weighted by Gasteiger charge is -2.12. The lowest BCUT2D eigenvalue weighted by Crippen LogP contribution is -2.17. The Morgan fingerprint density at radius 3 is 2.50 bits per heavy atom. The molecule has 0 heterocycles. The van der Waals surface area contributed by atoms with Crippen LogP contribution >= 0.6 is 0 Å². The predicted molar refractivity (Wildman–Crippen MR) is 86.8 cm³/mol. The number of ether oxygens (including phenoxy) is 2. The molecule has 2 N–H and O–H groups in total. The van der Waals surface area contributed by atoms with Crippen LogP contribution in [0, 0.1) is 15.9 Å². The highest BCUT2D eigenvalue weighted by Gasteiger charge is 2.30. The van der Waals surface area contributed by atoms with Gasteiger partial charge in [0, 0.05) is 6.07 Å². The molecule has 0 aromatic heterocycles. The number of carbonyl (C=O) groups excluding carboxylic acids is 1. The Bertz CT molecular complexity index is 855. The average molecular weight is 364 g/mol. The molecule has 0 spiro atoms. The van der Waals surface area contributed by atoms with Gasteiger partial charge in [-0.15, -0.1) is 0 Å². The van der Waals surface area contributed by atoms with Crippen LogP contribution in [0.15, 0.2) is 36.4 Å². The van der Waals surface area contributed by atoms with Crippen LogP contribution in [0.2, 0.25) is 0 Å². The summed E-state index contributed by atoms with van der Waals surface area (Å²) in [6.07, 6.45) is -1.15. The number of carboxylic acid groups (broad SMARTS) is 1. The number of nitro benzene ring substituents is 1. The van der Waals surface area contributed by atoms with Gasteiger partial charge in [-0.1, -0.05) is 30.3 Å². The first-order valence-electron chi connectivity index (χ1n) is 7.11. The van der Waals surface area contributed by atoms with Crippen molar-refractivity contribution in [3.63, 3.8) is 0 Å². The Balaban J connectivity index is 2.31. The number of carbonyl (C=O) groups is 2. The zero-order chi connectivity index (χ0) is 19.3. The fourth-order valence-electron chi connectivity index (χ4n) is 2.10. The molecule has 0 aliphatic rings. The van der Waals surface area contributed by atoms with Gasteiger partial charge in [-0.25, -0.2) is 14.0 Å². The van der Waals surface area contributed by atoms with Crippen molar-refractivity contribution in [1.29, 1.82) is 0 Å². The van der Waals surface area contributed by atoms with Crippen molar-refractivity contribution < 1.29 is 33.5 Å². The van der Waals surface area contributed by atoms with E-state index in [9.17, 15) is 24.1 Å². The van der Waals surface area contributed by atoms with Crippen LogP contribution in [0.25, 0.3) is 0 Å². The summed E-state index contributed by atoms with van der Waals surface area (Å²) in [5.41, 5.74) is -1.90. The van der Waals surface area contributed by atoms with Crippen molar-refractivity contribution in [2.75, 3.05) is 12.4 Å².